The van der Waals surface area contributed by atoms with Crippen LogP contribution in [0, 0.1) is 0 Å². The van der Waals surface area contributed by atoms with Gasteiger partial charge in [0.2, 0.25) is 0 Å². The minimum Gasteiger partial charge on any atom is -0.423 e. The lowest BCUT2D eigenvalue weighted by atomic mass is 9.76. The van der Waals surface area contributed by atoms with Crippen LogP contribution in [0.4, 0.5) is 0 Å². The zero-order valence-electron chi connectivity index (χ0n) is 13.4. The first-order valence-corrected chi connectivity index (χ1v) is 7.30. The average Bonchev–Trinajstić information content (AvgIpc) is 2.47. The van der Waals surface area contributed by atoms with Gasteiger partial charge in [0, 0.05) is 11.8 Å². The van der Waals surface area contributed by atoms with E-state index < -0.39 is 18.3 Å². The van der Waals surface area contributed by atoms with Crippen LogP contribution in [0.2, 0.25) is 0 Å². The molecule has 1 heterocycles. The van der Waals surface area contributed by atoms with E-state index in [9.17, 15) is 10.1 Å². The van der Waals surface area contributed by atoms with Gasteiger partial charge in [-0.3, -0.25) is 4.98 Å². The molecule has 116 valence electrons. The van der Waals surface area contributed by atoms with Crippen LogP contribution in [0.1, 0.15) is 27.7 Å². The second-order valence-corrected chi connectivity index (χ2v) is 6.38. The summed E-state index contributed by atoms with van der Waals surface area (Å²) in [4.78, 5) is 4.29. The van der Waals surface area contributed by atoms with E-state index in [1.165, 1.54) is 0 Å². The Morgan fingerprint density at radius 1 is 1.00 bits per heavy atom. The molecule has 0 spiro atoms. The largest absolute Gasteiger partial charge is 0.491 e. The summed E-state index contributed by atoms with van der Waals surface area (Å²) in [5.74, 6) is 0. The van der Waals surface area contributed by atoms with E-state index >= 15 is 0 Å². The molecule has 0 saturated heterocycles. The van der Waals surface area contributed by atoms with Crippen LogP contribution >= 0.6 is 0 Å². The van der Waals surface area contributed by atoms with E-state index in [1.54, 1.807) is 46.0 Å². The quantitative estimate of drug-likeness (QED) is 0.829. The number of nitrogens with zero attached hydrogens (tertiary/aromatic N) is 1. The Balaban J connectivity index is 2.14. The molecular formula is C17H22BNO3. The summed E-state index contributed by atoms with van der Waals surface area (Å²) >= 11 is 0. The molecule has 0 radical (unpaired) electrons. The van der Waals surface area contributed by atoms with Crippen LogP contribution in [-0.4, -0.2) is 33.4 Å². The topological polar surface area (TPSA) is 62.6 Å². The van der Waals surface area contributed by atoms with Crippen molar-refractivity contribution in [2.24, 2.45) is 0 Å². The molecule has 0 aliphatic carbocycles. The highest BCUT2D eigenvalue weighted by Gasteiger charge is 2.39. The summed E-state index contributed by atoms with van der Waals surface area (Å²) in [7, 11) is -1.10. The second kappa shape index (κ2) is 6.20. The highest BCUT2D eigenvalue weighted by molar-refractivity contribution is 6.60. The second-order valence-electron chi connectivity index (χ2n) is 6.38. The van der Waals surface area contributed by atoms with E-state index in [-0.39, 0.29) is 0 Å². The first kappa shape index (κ1) is 16.7. The van der Waals surface area contributed by atoms with Gasteiger partial charge >= 0.3 is 7.12 Å². The van der Waals surface area contributed by atoms with Crippen molar-refractivity contribution >= 4 is 12.6 Å². The van der Waals surface area contributed by atoms with E-state index in [4.69, 9.17) is 4.65 Å². The number of benzene rings is 1. The van der Waals surface area contributed by atoms with Gasteiger partial charge in [-0.1, -0.05) is 30.3 Å². The maximum atomic E-state index is 10.2. The predicted octanol–water partition coefficient (Wildman–Crippen LogP) is 2.00. The number of hydrogen-bond acceptors (Lipinski definition) is 4. The third-order valence-corrected chi connectivity index (χ3v) is 4.04. The SMILES string of the molecule is CC(C)(O)C(C)(C)OB(O)c1ccc(-c2ccccn2)cc1. The fourth-order valence-electron chi connectivity index (χ4n) is 1.84. The Kier molecular flexibility index (Phi) is 4.70. The number of rotatable bonds is 5. The van der Waals surface area contributed by atoms with Crippen LogP contribution in [0.15, 0.2) is 48.7 Å². The monoisotopic (exact) mass is 299 g/mol. The van der Waals surface area contributed by atoms with Gasteiger partial charge < -0.3 is 14.8 Å². The van der Waals surface area contributed by atoms with Gasteiger partial charge in [0.15, 0.2) is 0 Å². The predicted molar refractivity (Wildman–Crippen MR) is 88.7 cm³/mol. The summed E-state index contributed by atoms with van der Waals surface area (Å²) in [5, 5.41) is 20.3. The Morgan fingerprint density at radius 2 is 1.64 bits per heavy atom. The lowest BCUT2D eigenvalue weighted by Gasteiger charge is -2.38. The van der Waals surface area contributed by atoms with Gasteiger partial charge in [-0.2, -0.15) is 0 Å². The molecule has 0 aliphatic heterocycles. The molecule has 1 aromatic heterocycles. The van der Waals surface area contributed by atoms with Crippen molar-refractivity contribution in [3.63, 3.8) is 0 Å². The van der Waals surface area contributed by atoms with E-state index in [2.05, 4.69) is 4.98 Å². The van der Waals surface area contributed by atoms with Crippen molar-refractivity contribution in [3.8, 4) is 11.3 Å². The van der Waals surface area contributed by atoms with Crippen LogP contribution in [0.5, 0.6) is 0 Å². The normalized spacial score (nSPS) is 12.3. The third kappa shape index (κ3) is 3.74. The number of aliphatic hydroxyl groups is 1. The van der Waals surface area contributed by atoms with Crippen LogP contribution < -0.4 is 5.46 Å². The lowest BCUT2D eigenvalue weighted by molar-refractivity contribution is -0.0982. The summed E-state index contributed by atoms with van der Waals surface area (Å²) in [5.41, 5.74) is 0.533. The molecule has 1 aromatic carbocycles. The molecule has 0 aliphatic rings. The van der Waals surface area contributed by atoms with Crippen molar-refractivity contribution in [1.29, 1.82) is 0 Å². The molecule has 2 N–H and O–H groups in total. The van der Waals surface area contributed by atoms with Crippen LogP contribution in [-0.2, 0) is 4.65 Å². The first-order chi connectivity index (χ1) is 10.2. The number of pyridine rings is 1. The van der Waals surface area contributed by atoms with Crippen molar-refractivity contribution < 1.29 is 14.8 Å². The first-order valence-electron chi connectivity index (χ1n) is 7.30. The fourth-order valence-corrected chi connectivity index (χ4v) is 1.84. The van der Waals surface area contributed by atoms with Crippen molar-refractivity contribution in [2.75, 3.05) is 0 Å². The lowest BCUT2D eigenvalue weighted by Crippen LogP contribution is -2.53. The Labute approximate surface area is 131 Å². The number of aromatic nitrogens is 1. The summed E-state index contributed by atoms with van der Waals surface area (Å²) in [6.07, 6.45) is 1.74. The van der Waals surface area contributed by atoms with Gasteiger partial charge in [-0.25, -0.2) is 0 Å². The van der Waals surface area contributed by atoms with E-state index in [1.807, 2.05) is 30.3 Å². The summed E-state index contributed by atoms with van der Waals surface area (Å²) in [6.45, 7) is 6.81. The maximum absolute atomic E-state index is 10.2. The molecule has 0 atom stereocenters. The molecule has 0 saturated carbocycles. The van der Waals surface area contributed by atoms with Crippen molar-refractivity contribution in [2.45, 2.75) is 38.9 Å². The standard InChI is InChI=1S/C17H22BNO3/c1-16(2,20)17(3,4)22-18(21)14-10-8-13(9-11-14)15-7-5-6-12-19-15/h5-12,20-21H,1-4H3. The zero-order chi connectivity index (χ0) is 16.4. The summed E-state index contributed by atoms with van der Waals surface area (Å²) in [6, 6.07) is 13.1. The van der Waals surface area contributed by atoms with Gasteiger partial charge in [0.05, 0.1) is 16.9 Å². The average molecular weight is 299 g/mol. The van der Waals surface area contributed by atoms with Crippen LogP contribution in [0.3, 0.4) is 0 Å². The highest BCUT2D eigenvalue weighted by Crippen LogP contribution is 2.25. The molecule has 0 bridgehead atoms. The zero-order valence-corrected chi connectivity index (χ0v) is 13.4. The molecule has 2 aromatic rings. The number of hydrogen-bond donors (Lipinski definition) is 2. The summed E-state index contributed by atoms with van der Waals surface area (Å²) < 4.78 is 5.62. The highest BCUT2D eigenvalue weighted by atomic mass is 16.5. The van der Waals surface area contributed by atoms with Crippen LogP contribution in [0.25, 0.3) is 11.3 Å². The van der Waals surface area contributed by atoms with Crippen molar-refractivity contribution in [1.82, 2.24) is 4.98 Å². The minimum absolute atomic E-state index is 0.636. The molecule has 4 nitrogen and oxygen atoms in total. The third-order valence-electron chi connectivity index (χ3n) is 4.04. The maximum Gasteiger partial charge on any atom is 0.491 e. The molecule has 2 rings (SSSR count). The minimum atomic E-state index is -1.10. The van der Waals surface area contributed by atoms with Crippen molar-refractivity contribution in [3.05, 3.63) is 48.7 Å². The molecule has 0 fully saturated rings. The van der Waals surface area contributed by atoms with E-state index in [0.29, 0.717) is 5.46 Å². The molecule has 5 heteroatoms. The van der Waals surface area contributed by atoms with E-state index in [0.717, 1.165) is 11.3 Å². The fraction of sp³-hybridized carbons (Fsp3) is 0.353. The molecular weight excluding hydrogens is 277 g/mol. The Morgan fingerprint density at radius 3 is 2.14 bits per heavy atom. The Hall–Kier alpha value is -1.69. The molecule has 22 heavy (non-hydrogen) atoms. The Bertz CT molecular complexity index is 606. The van der Waals surface area contributed by atoms with Gasteiger partial charge in [0.25, 0.3) is 0 Å². The molecule has 0 amide bonds. The van der Waals surface area contributed by atoms with Gasteiger partial charge in [0.1, 0.15) is 0 Å². The molecule has 0 unspecified atom stereocenters. The smallest absolute Gasteiger partial charge is 0.423 e. The van der Waals surface area contributed by atoms with Gasteiger partial charge in [-0.15, -0.1) is 0 Å². The van der Waals surface area contributed by atoms with Gasteiger partial charge in [-0.05, 0) is 45.3 Å².